The topological polar surface area (TPSA) is 66.9 Å². The van der Waals surface area contributed by atoms with Crippen LogP contribution >= 0.6 is 0 Å². The second-order valence-corrected chi connectivity index (χ2v) is 5.82. The molecule has 0 fully saturated rings. The molecule has 0 bridgehead atoms. The minimum atomic E-state index is -0.119. The number of fused-ring (bicyclic) bond motifs is 2. The molecule has 118 valence electrons. The van der Waals surface area contributed by atoms with E-state index in [1.54, 1.807) is 0 Å². The van der Waals surface area contributed by atoms with Crippen molar-refractivity contribution in [3.05, 3.63) is 47.5 Å². The normalized spacial score (nSPS) is 12.5. The van der Waals surface area contributed by atoms with Crippen LogP contribution in [-0.4, -0.2) is 35.5 Å². The van der Waals surface area contributed by atoms with Gasteiger partial charge >= 0.3 is 0 Å². The molecule has 1 unspecified atom stereocenters. The lowest BCUT2D eigenvalue weighted by Crippen LogP contribution is -2.39. The molecule has 0 saturated heterocycles. The fourth-order valence-corrected chi connectivity index (χ4v) is 2.70. The van der Waals surface area contributed by atoms with Gasteiger partial charge in [-0.15, -0.1) is 0 Å². The van der Waals surface area contributed by atoms with Crippen molar-refractivity contribution in [1.82, 2.24) is 20.6 Å². The van der Waals surface area contributed by atoms with E-state index in [2.05, 4.69) is 20.6 Å². The maximum atomic E-state index is 12.6. The van der Waals surface area contributed by atoms with Gasteiger partial charge in [0.2, 0.25) is 0 Å². The largest absolute Gasteiger partial charge is 0.348 e. The van der Waals surface area contributed by atoms with Crippen molar-refractivity contribution in [3.8, 4) is 0 Å². The molecule has 0 saturated carbocycles. The van der Waals surface area contributed by atoms with Crippen LogP contribution in [-0.2, 0) is 0 Å². The quantitative estimate of drug-likeness (QED) is 0.727. The molecule has 23 heavy (non-hydrogen) atoms. The van der Waals surface area contributed by atoms with Gasteiger partial charge in [-0.2, -0.15) is 0 Å². The Bertz CT molecular complexity index is 875. The number of carbonyl (C=O) groups is 1. The number of nitrogens with one attached hydrogen (secondary N) is 2. The number of benzene rings is 2. The summed E-state index contributed by atoms with van der Waals surface area (Å²) in [5.74, 6) is -0.119. The molecule has 5 nitrogen and oxygen atoms in total. The third kappa shape index (κ3) is 3.14. The van der Waals surface area contributed by atoms with Crippen LogP contribution in [0.15, 0.2) is 36.4 Å². The van der Waals surface area contributed by atoms with Crippen molar-refractivity contribution in [2.45, 2.75) is 19.9 Å². The standard InChI is InChI=1S/C18H20N4O/c1-11-8-13(18(23)20-12(2)10-19-3)17-16(9-11)21-14-6-4-5-7-15(14)22-17/h4-9,12,19H,10H2,1-3H3,(H,20,23). The molecule has 3 rings (SSSR count). The lowest BCUT2D eigenvalue weighted by atomic mass is 10.1. The Labute approximate surface area is 135 Å². The number of carbonyl (C=O) groups excluding carboxylic acids is 1. The smallest absolute Gasteiger partial charge is 0.253 e. The lowest BCUT2D eigenvalue weighted by Gasteiger charge is -2.14. The van der Waals surface area contributed by atoms with Crippen LogP contribution in [0.2, 0.25) is 0 Å². The van der Waals surface area contributed by atoms with Crippen molar-refractivity contribution in [3.63, 3.8) is 0 Å². The average molecular weight is 308 g/mol. The fraction of sp³-hybridized carbons (Fsp3) is 0.278. The summed E-state index contributed by atoms with van der Waals surface area (Å²) in [5.41, 5.74) is 4.58. The van der Waals surface area contributed by atoms with Crippen molar-refractivity contribution < 1.29 is 4.79 Å². The molecule has 0 aliphatic rings. The number of hydrogen-bond donors (Lipinski definition) is 2. The van der Waals surface area contributed by atoms with Gasteiger partial charge in [0.25, 0.3) is 5.91 Å². The SMILES string of the molecule is CNCC(C)NC(=O)c1cc(C)cc2nc3ccccc3nc12. The zero-order valence-electron chi connectivity index (χ0n) is 13.6. The molecule has 5 heteroatoms. The highest BCUT2D eigenvalue weighted by Crippen LogP contribution is 2.21. The van der Waals surface area contributed by atoms with E-state index < -0.39 is 0 Å². The van der Waals surface area contributed by atoms with Gasteiger partial charge in [0, 0.05) is 12.6 Å². The number of aryl methyl sites for hydroxylation is 1. The van der Waals surface area contributed by atoms with Gasteiger partial charge in [0.05, 0.1) is 22.1 Å². The molecule has 1 aromatic heterocycles. The van der Waals surface area contributed by atoms with E-state index in [0.29, 0.717) is 17.6 Å². The molecule has 1 amide bonds. The molecule has 0 aliphatic carbocycles. The number of likely N-dealkylation sites (N-methyl/N-ethyl adjacent to an activating group) is 1. The summed E-state index contributed by atoms with van der Waals surface area (Å²) in [7, 11) is 1.86. The highest BCUT2D eigenvalue weighted by atomic mass is 16.1. The predicted octanol–water partition coefficient (Wildman–Crippen LogP) is 2.43. The summed E-state index contributed by atoms with van der Waals surface area (Å²) in [5, 5.41) is 6.05. The lowest BCUT2D eigenvalue weighted by molar-refractivity contribution is 0.0941. The van der Waals surface area contributed by atoms with E-state index in [4.69, 9.17) is 0 Å². The van der Waals surface area contributed by atoms with E-state index in [9.17, 15) is 4.79 Å². The first-order chi connectivity index (χ1) is 11.1. The van der Waals surface area contributed by atoms with Gasteiger partial charge in [-0.25, -0.2) is 9.97 Å². The second kappa shape index (κ2) is 6.30. The number of hydrogen-bond acceptors (Lipinski definition) is 4. The molecule has 2 N–H and O–H groups in total. The van der Waals surface area contributed by atoms with Crippen LogP contribution in [0.5, 0.6) is 0 Å². The summed E-state index contributed by atoms with van der Waals surface area (Å²) in [6.45, 7) is 4.64. The zero-order chi connectivity index (χ0) is 16.4. The zero-order valence-corrected chi connectivity index (χ0v) is 13.6. The Hall–Kier alpha value is -2.53. The number of nitrogens with zero attached hydrogens (tertiary/aromatic N) is 2. The van der Waals surface area contributed by atoms with Gasteiger partial charge in [-0.05, 0) is 50.7 Å². The Morgan fingerprint density at radius 1 is 1.13 bits per heavy atom. The van der Waals surface area contributed by atoms with Crippen LogP contribution in [0, 0.1) is 6.92 Å². The monoisotopic (exact) mass is 308 g/mol. The maximum Gasteiger partial charge on any atom is 0.253 e. The van der Waals surface area contributed by atoms with Crippen molar-refractivity contribution in [2.75, 3.05) is 13.6 Å². The molecule has 0 radical (unpaired) electrons. The van der Waals surface area contributed by atoms with E-state index in [-0.39, 0.29) is 11.9 Å². The molecular weight excluding hydrogens is 288 g/mol. The molecule has 0 aliphatic heterocycles. The van der Waals surface area contributed by atoms with E-state index in [1.807, 2.05) is 57.3 Å². The fourth-order valence-electron chi connectivity index (χ4n) is 2.70. The molecular formula is C18H20N4O. The minimum absolute atomic E-state index is 0.0384. The Kier molecular flexibility index (Phi) is 4.21. The van der Waals surface area contributed by atoms with Crippen LogP contribution < -0.4 is 10.6 Å². The Morgan fingerprint density at radius 2 is 1.83 bits per heavy atom. The van der Waals surface area contributed by atoms with Crippen LogP contribution in [0.25, 0.3) is 22.1 Å². The number of amides is 1. The Morgan fingerprint density at radius 3 is 2.52 bits per heavy atom. The molecule has 1 heterocycles. The maximum absolute atomic E-state index is 12.6. The molecule has 3 aromatic rings. The van der Waals surface area contributed by atoms with E-state index in [1.165, 1.54) is 0 Å². The molecule has 2 aromatic carbocycles. The first-order valence-corrected chi connectivity index (χ1v) is 7.71. The van der Waals surface area contributed by atoms with Crippen LogP contribution in [0.3, 0.4) is 0 Å². The summed E-state index contributed by atoms with van der Waals surface area (Å²) < 4.78 is 0. The van der Waals surface area contributed by atoms with Gasteiger partial charge in [0.15, 0.2) is 0 Å². The van der Waals surface area contributed by atoms with Crippen molar-refractivity contribution in [1.29, 1.82) is 0 Å². The van der Waals surface area contributed by atoms with E-state index >= 15 is 0 Å². The van der Waals surface area contributed by atoms with Crippen LogP contribution in [0.1, 0.15) is 22.8 Å². The Balaban J connectivity index is 2.11. The van der Waals surface area contributed by atoms with Gasteiger partial charge < -0.3 is 10.6 Å². The summed E-state index contributed by atoms with van der Waals surface area (Å²) in [6, 6.07) is 11.6. The predicted molar refractivity (Wildman–Crippen MR) is 92.6 cm³/mol. The summed E-state index contributed by atoms with van der Waals surface area (Å²) in [4.78, 5) is 21.9. The molecule has 0 spiro atoms. The highest BCUT2D eigenvalue weighted by molar-refractivity contribution is 6.06. The second-order valence-electron chi connectivity index (χ2n) is 5.82. The third-order valence-electron chi connectivity index (χ3n) is 3.72. The van der Waals surface area contributed by atoms with Crippen molar-refractivity contribution in [2.24, 2.45) is 0 Å². The van der Waals surface area contributed by atoms with E-state index in [0.717, 1.165) is 22.1 Å². The number of para-hydroxylation sites is 2. The molecule has 1 atom stereocenters. The number of rotatable bonds is 4. The first-order valence-electron chi connectivity index (χ1n) is 7.71. The first kappa shape index (κ1) is 15.4. The number of aromatic nitrogens is 2. The minimum Gasteiger partial charge on any atom is -0.348 e. The highest BCUT2D eigenvalue weighted by Gasteiger charge is 2.15. The third-order valence-corrected chi connectivity index (χ3v) is 3.72. The summed E-state index contributed by atoms with van der Waals surface area (Å²) >= 11 is 0. The van der Waals surface area contributed by atoms with Crippen LogP contribution in [0.4, 0.5) is 0 Å². The van der Waals surface area contributed by atoms with Gasteiger partial charge in [-0.1, -0.05) is 12.1 Å². The van der Waals surface area contributed by atoms with Gasteiger partial charge in [0.1, 0.15) is 5.52 Å². The summed E-state index contributed by atoms with van der Waals surface area (Å²) in [6.07, 6.45) is 0. The average Bonchev–Trinajstić information content (AvgIpc) is 2.52. The van der Waals surface area contributed by atoms with Crippen molar-refractivity contribution >= 4 is 28.0 Å². The van der Waals surface area contributed by atoms with Gasteiger partial charge in [-0.3, -0.25) is 4.79 Å².